The number of hydrogen-bond acceptors (Lipinski definition) is 4. The second-order valence-electron chi connectivity index (χ2n) is 8.26. The maximum Gasteiger partial charge on any atom is 0.191 e. The lowest BCUT2D eigenvalue weighted by Crippen LogP contribution is -2.44. The molecule has 2 N–H and O–H groups in total. The van der Waals surface area contributed by atoms with Crippen molar-refractivity contribution in [3.8, 4) is 0 Å². The van der Waals surface area contributed by atoms with E-state index in [2.05, 4.69) is 62.3 Å². The van der Waals surface area contributed by atoms with Crippen LogP contribution in [0.15, 0.2) is 70.8 Å². The molecule has 0 saturated carbocycles. The Morgan fingerprint density at radius 1 is 1.09 bits per heavy atom. The van der Waals surface area contributed by atoms with Crippen LogP contribution in [0.4, 0.5) is 0 Å². The van der Waals surface area contributed by atoms with Crippen molar-refractivity contribution in [3.63, 3.8) is 0 Å². The highest BCUT2D eigenvalue weighted by Gasteiger charge is 2.24. The van der Waals surface area contributed by atoms with Gasteiger partial charge in [-0.3, -0.25) is 4.90 Å². The van der Waals surface area contributed by atoms with Crippen molar-refractivity contribution in [1.82, 2.24) is 25.1 Å². The molecule has 1 saturated heterocycles. The molecule has 1 atom stereocenters. The van der Waals surface area contributed by atoms with E-state index >= 15 is 0 Å². The number of furan rings is 1. The van der Waals surface area contributed by atoms with Crippen molar-refractivity contribution in [2.75, 3.05) is 26.2 Å². The minimum Gasteiger partial charge on any atom is -0.468 e. The van der Waals surface area contributed by atoms with E-state index in [1.54, 1.807) is 12.5 Å². The number of aromatic nitrogens is 2. The molecule has 1 aliphatic rings. The van der Waals surface area contributed by atoms with Gasteiger partial charge >= 0.3 is 0 Å². The molecule has 1 fully saturated rings. The maximum absolute atomic E-state index is 5.77. The largest absolute Gasteiger partial charge is 0.468 e. The van der Waals surface area contributed by atoms with Gasteiger partial charge in [0.1, 0.15) is 5.76 Å². The zero-order valence-corrected chi connectivity index (χ0v) is 21.7. The van der Waals surface area contributed by atoms with Crippen LogP contribution in [-0.4, -0.2) is 46.6 Å². The highest BCUT2D eigenvalue weighted by Crippen LogP contribution is 2.24. The van der Waals surface area contributed by atoms with Crippen molar-refractivity contribution in [1.29, 1.82) is 0 Å². The Hall–Kier alpha value is -2.33. The van der Waals surface area contributed by atoms with E-state index in [-0.39, 0.29) is 30.0 Å². The smallest absolute Gasteiger partial charge is 0.191 e. The third-order valence-corrected chi connectivity index (χ3v) is 5.88. The number of likely N-dealkylation sites (tertiary alicyclic amines) is 1. The van der Waals surface area contributed by atoms with Crippen LogP contribution in [0.25, 0.3) is 0 Å². The Balaban J connectivity index is 0.00000306. The van der Waals surface area contributed by atoms with Crippen molar-refractivity contribution in [2.24, 2.45) is 4.99 Å². The fraction of sp³-hybridized carbons (Fsp3) is 0.440. The average Bonchev–Trinajstić information content (AvgIpc) is 3.54. The molecule has 7 nitrogen and oxygen atoms in total. The molecule has 1 aromatic carbocycles. The summed E-state index contributed by atoms with van der Waals surface area (Å²) in [6.07, 6.45) is 11.2. The summed E-state index contributed by atoms with van der Waals surface area (Å²) < 4.78 is 7.84. The van der Waals surface area contributed by atoms with Crippen molar-refractivity contribution in [2.45, 2.75) is 45.3 Å². The number of hydrogen-bond donors (Lipinski definition) is 2. The summed E-state index contributed by atoms with van der Waals surface area (Å²) in [5.41, 5.74) is 2.44. The molecule has 0 radical (unpaired) electrons. The summed E-state index contributed by atoms with van der Waals surface area (Å²) in [6, 6.07) is 12.9. The van der Waals surface area contributed by atoms with E-state index in [0.29, 0.717) is 6.54 Å². The summed E-state index contributed by atoms with van der Waals surface area (Å²) >= 11 is 0. The molecular weight excluding hydrogens is 527 g/mol. The molecule has 0 bridgehead atoms. The highest BCUT2D eigenvalue weighted by atomic mass is 127. The van der Waals surface area contributed by atoms with Crippen LogP contribution in [0.5, 0.6) is 0 Å². The predicted octanol–water partition coefficient (Wildman–Crippen LogP) is 4.42. The number of imidazole rings is 1. The topological polar surface area (TPSA) is 70.6 Å². The zero-order valence-electron chi connectivity index (χ0n) is 19.3. The molecule has 0 spiro atoms. The van der Waals surface area contributed by atoms with Crippen LogP contribution in [0.2, 0.25) is 0 Å². The molecule has 33 heavy (non-hydrogen) atoms. The van der Waals surface area contributed by atoms with E-state index in [0.717, 1.165) is 44.4 Å². The molecule has 3 aromatic rings. The zero-order chi connectivity index (χ0) is 22.0. The first-order valence-corrected chi connectivity index (χ1v) is 11.6. The highest BCUT2D eigenvalue weighted by molar-refractivity contribution is 14.0. The molecule has 1 aliphatic heterocycles. The number of halogens is 1. The molecule has 0 aliphatic carbocycles. The molecular formula is C25H35IN6O. The number of rotatable bonds is 9. The quantitative estimate of drug-likeness (QED) is 0.230. The number of benzene rings is 1. The first-order chi connectivity index (χ1) is 15.8. The van der Waals surface area contributed by atoms with Gasteiger partial charge < -0.3 is 19.6 Å². The second-order valence-corrected chi connectivity index (χ2v) is 8.26. The number of nitrogens with one attached hydrogen (secondary N) is 2. The van der Waals surface area contributed by atoms with Gasteiger partial charge in [-0.25, -0.2) is 9.98 Å². The maximum atomic E-state index is 5.77. The Kier molecular flexibility index (Phi) is 10.3. The predicted molar refractivity (Wildman–Crippen MR) is 143 cm³/mol. The van der Waals surface area contributed by atoms with Crippen LogP contribution in [0.3, 0.4) is 0 Å². The van der Waals surface area contributed by atoms with E-state index in [1.165, 1.54) is 30.4 Å². The van der Waals surface area contributed by atoms with E-state index in [4.69, 9.17) is 9.41 Å². The molecule has 8 heteroatoms. The van der Waals surface area contributed by atoms with E-state index in [9.17, 15) is 0 Å². The summed E-state index contributed by atoms with van der Waals surface area (Å²) in [5.74, 6) is 1.85. The summed E-state index contributed by atoms with van der Waals surface area (Å²) in [6.45, 7) is 7.39. The Labute approximate surface area is 213 Å². The van der Waals surface area contributed by atoms with Crippen molar-refractivity contribution in [3.05, 3.63) is 78.3 Å². The second kappa shape index (κ2) is 13.4. The van der Waals surface area contributed by atoms with E-state index < -0.39 is 0 Å². The third-order valence-electron chi connectivity index (χ3n) is 5.88. The molecule has 2 aromatic heterocycles. The van der Waals surface area contributed by atoms with E-state index in [1.807, 2.05) is 18.6 Å². The van der Waals surface area contributed by atoms with Crippen LogP contribution in [0.1, 0.15) is 49.1 Å². The SMILES string of the molecule is CCNC(=NCc1ccc(Cn2ccnc2)cc1)NCC(c1ccco1)N1CCCCC1.I. The van der Waals surface area contributed by atoms with Crippen LogP contribution in [0, 0.1) is 0 Å². The normalized spacial score (nSPS) is 15.6. The Bertz CT molecular complexity index is 934. The van der Waals surface area contributed by atoms with Gasteiger partial charge in [-0.2, -0.15) is 0 Å². The fourth-order valence-corrected chi connectivity index (χ4v) is 4.17. The van der Waals surface area contributed by atoms with Gasteiger partial charge in [0.25, 0.3) is 0 Å². The minimum absolute atomic E-state index is 0. The van der Waals surface area contributed by atoms with Gasteiger partial charge in [0.05, 0.1) is 25.2 Å². The third kappa shape index (κ3) is 7.60. The number of aliphatic imine (C=N–C) groups is 1. The average molecular weight is 563 g/mol. The van der Waals surface area contributed by atoms with Crippen molar-refractivity contribution >= 4 is 29.9 Å². The molecule has 178 valence electrons. The lowest BCUT2D eigenvalue weighted by atomic mass is 10.1. The van der Waals surface area contributed by atoms with Crippen LogP contribution >= 0.6 is 24.0 Å². The molecule has 4 rings (SSSR count). The minimum atomic E-state index is 0. The summed E-state index contributed by atoms with van der Waals surface area (Å²) in [4.78, 5) is 11.4. The van der Waals surface area contributed by atoms with Gasteiger partial charge in [0.2, 0.25) is 0 Å². The van der Waals surface area contributed by atoms with Gasteiger partial charge in [-0.05, 0) is 56.1 Å². The Morgan fingerprint density at radius 3 is 2.55 bits per heavy atom. The first kappa shape index (κ1) is 25.3. The number of nitrogens with zero attached hydrogens (tertiary/aromatic N) is 4. The first-order valence-electron chi connectivity index (χ1n) is 11.6. The van der Waals surface area contributed by atoms with Gasteiger partial charge in [0, 0.05) is 32.0 Å². The molecule has 0 amide bonds. The summed E-state index contributed by atoms with van der Waals surface area (Å²) in [7, 11) is 0. The van der Waals surface area contributed by atoms with Crippen LogP contribution < -0.4 is 10.6 Å². The van der Waals surface area contributed by atoms with Gasteiger partial charge in [0.15, 0.2) is 5.96 Å². The number of guanidine groups is 1. The van der Waals surface area contributed by atoms with Crippen LogP contribution in [-0.2, 0) is 13.1 Å². The standard InChI is InChI=1S/C25H34N6O.HI/c1-2-27-25(28-17-21-8-10-22(11-9-21)19-30-15-12-26-20-30)29-18-23(24-7-6-16-32-24)31-13-4-3-5-14-31;/h6-12,15-16,20,23H,2-5,13-14,17-19H2,1H3,(H2,27,28,29);1H. The Morgan fingerprint density at radius 2 is 1.88 bits per heavy atom. The monoisotopic (exact) mass is 562 g/mol. The van der Waals surface area contributed by atoms with Gasteiger partial charge in [-0.15, -0.1) is 24.0 Å². The van der Waals surface area contributed by atoms with Crippen molar-refractivity contribution < 1.29 is 4.42 Å². The summed E-state index contributed by atoms with van der Waals surface area (Å²) in [5, 5.41) is 6.92. The lowest BCUT2D eigenvalue weighted by Gasteiger charge is -2.33. The fourth-order valence-electron chi connectivity index (χ4n) is 4.17. The molecule has 1 unspecified atom stereocenters. The lowest BCUT2D eigenvalue weighted by molar-refractivity contribution is 0.146. The van der Waals surface area contributed by atoms with Gasteiger partial charge in [-0.1, -0.05) is 30.7 Å². The molecule has 3 heterocycles. The number of piperidine rings is 1.